The molecule has 2 amide bonds. The van der Waals surface area contributed by atoms with E-state index in [4.69, 9.17) is 4.74 Å². The molecule has 0 aliphatic rings. The van der Waals surface area contributed by atoms with Crippen molar-refractivity contribution in [2.24, 2.45) is 5.41 Å². The Labute approximate surface area is 161 Å². The first-order valence-electron chi connectivity index (χ1n) is 9.05. The molecule has 0 radical (unpaired) electrons. The number of hydrogen-bond acceptors (Lipinski definition) is 3. The molecular formula is C22H28N2O3. The molecule has 0 fully saturated rings. The lowest BCUT2D eigenvalue weighted by Gasteiger charge is -2.24. The summed E-state index contributed by atoms with van der Waals surface area (Å²) in [6.45, 7) is 7.56. The number of aryl methyl sites for hydroxylation is 2. The Morgan fingerprint density at radius 3 is 2.22 bits per heavy atom. The van der Waals surface area contributed by atoms with Gasteiger partial charge in [-0.1, -0.05) is 36.4 Å². The zero-order chi connectivity index (χ0) is 20.0. The Morgan fingerprint density at radius 1 is 0.963 bits per heavy atom. The Balaban J connectivity index is 1.98. The molecule has 27 heavy (non-hydrogen) atoms. The molecular weight excluding hydrogens is 340 g/mol. The number of carbonyl (C=O) groups is 2. The molecule has 2 aromatic rings. The van der Waals surface area contributed by atoms with E-state index in [1.807, 2.05) is 56.3 Å². The molecule has 0 saturated carbocycles. The van der Waals surface area contributed by atoms with Crippen molar-refractivity contribution in [2.75, 3.05) is 19.0 Å². The number of carbonyl (C=O) groups excluding carboxylic acids is 2. The maximum atomic E-state index is 12.7. The molecule has 0 spiro atoms. The number of anilines is 1. The summed E-state index contributed by atoms with van der Waals surface area (Å²) < 4.78 is 5.32. The number of ether oxygens (including phenoxy) is 1. The highest BCUT2D eigenvalue weighted by Crippen LogP contribution is 2.24. The van der Waals surface area contributed by atoms with Gasteiger partial charge in [-0.15, -0.1) is 0 Å². The molecule has 2 aromatic carbocycles. The van der Waals surface area contributed by atoms with Crippen LogP contribution in [0.3, 0.4) is 0 Å². The minimum atomic E-state index is -1.19. The minimum absolute atomic E-state index is 0.305. The molecule has 2 rings (SSSR count). The van der Waals surface area contributed by atoms with Crippen LogP contribution in [0.1, 0.15) is 30.5 Å². The molecule has 0 aliphatic carbocycles. The largest absolute Gasteiger partial charge is 0.496 e. The molecule has 5 heteroatoms. The summed E-state index contributed by atoms with van der Waals surface area (Å²) in [4.78, 5) is 25.3. The molecule has 0 unspecified atom stereocenters. The number of hydrogen-bond donors (Lipinski definition) is 2. The van der Waals surface area contributed by atoms with Crippen LogP contribution in [0.2, 0.25) is 0 Å². The Bertz CT molecular complexity index is 808. The molecule has 0 bridgehead atoms. The minimum Gasteiger partial charge on any atom is -0.496 e. The number of benzene rings is 2. The van der Waals surface area contributed by atoms with Gasteiger partial charge in [0.2, 0.25) is 11.8 Å². The molecule has 2 N–H and O–H groups in total. The third-order valence-corrected chi connectivity index (χ3v) is 4.73. The van der Waals surface area contributed by atoms with E-state index < -0.39 is 5.41 Å². The second-order valence-corrected chi connectivity index (χ2v) is 7.16. The van der Waals surface area contributed by atoms with Crippen molar-refractivity contribution in [1.82, 2.24) is 5.32 Å². The van der Waals surface area contributed by atoms with Gasteiger partial charge in [-0.05, 0) is 56.9 Å². The van der Waals surface area contributed by atoms with Crippen molar-refractivity contribution < 1.29 is 14.3 Å². The highest BCUT2D eigenvalue weighted by molar-refractivity contribution is 6.10. The zero-order valence-corrected chi connectivity index (χ0v) is 16.7. The van der Waals surface area contributed by atoms with Crippen molar-refractivity contribution in [1.29, 1.82) is 0 Å². The number of nitrogens with one attached hydrogen (secondary N) is 2. The standard InChI is InChI=1S/C22H28N2O3/c1-15-9-8-10-16(2)19(15)24-21(26)22(3,4)20(25)23-14-13-17-11-6-7-12-18(17)27-5/h6-12H,13-14H2,1-5H3,(H,23,25)(H,24,26). The van der Waals surface area contributed by atoms with Crippen LogP contribution < -0.4 is 15.4 Å². The average molecular weight is 368 g/mol. The van der Waals surface area contributed by atoms with Gasteiger partial charge in [0.25, 0.3) is 0 Å². The lowest BCUT2D eigenvalue weighted by molar-refractivity contribution is -0.138. The summed E-state index contributed by atoms with van der Waals surface area (Å²) in [7, 11) is 1.62. The van der Waals surface area contributed by atoms with Crippen molar-refractivity contribution in [3.8, 4) is 5.75 Å². The molecule has 0 atom stereocenters. The number of rotatable bonds is 7. The molecule has 144 valence electrons. The van der Waals surface area contributed by atoms with E-state index in [0.717, 1.165) is 28.1 Å². The van der Waals surface area contributed by atoms with Crippen LogP contribution in [-0.2, 0) is 16.0 Å². The quantitative estimate of drug-likeness (QED) is 0.733. The number of methoxy groups -OCH3 is 1. The van der Waals surface area contributed by atoms with E-state index in [1.165, 1.54) is 0 Å². The predicted octanol–water partition coefficient (Wildman–Crippen LogP) is 3.64. The van der Waals surface area contributed by atoms with Crippen molar-refractivity contribution in [3.63, 3.8) is 0 Å². The average Bonchev–Trinajstić information content (AvgIpc) is 2.64. The van der Waals surface area contributed by atoms with Crippen molar-refractivity contribution in [3.05, 3.63) is 59.2 Å². The van der Waals surface area contributed by atoms with Crippen LogP contribution in [0.15, 0.2) is 42.5 Å². The Kier molecular flexibility index (Phi) is 6.61. The first-order chi connectivity index (χ1) is 12.8. The fraction of sp³-hybridized carbons (Fsp3) is 0.364. The van der Waals surface area contributed by atoms with Gasteiger partial charge in [-0.25, -0.2) is 0 Å². The van der Waals surface area contributed by atoms with E-state index in [9.17, 15) is 9.59 Å². The van der Waals surface area contributed by atoms with E-state index in [2.05, 4.69) is 10.6 Å². The molecule has 0 aromatic heterocycles. The van der Waals surface area contributed by atoms with Gasteiger partial charge in [0.15, 0.2) is 0 Å². The van der Waals surface area contributed by atoms with E-state index in [-0.39, 0.29) is 11.8 Å². The third-order valence-electron chi connectivity index (χ3n) is 4.73. The van der Waals surface area contributed by atoms with Crippen LogP contribution >= 0.6 is 0 Å². The molecule has 0 aliphatic heterocycles. The highest BCUT2D eigenvalue weighted by atomic mass is 16.5. The summed E-state index contributed by atoms with van der Waals surface area (Å²) in [5.74, 6) is 0.162. The van der Waals surface area contributed by atoms with Gasteiger partial charge in [0.05, 0.1) is 7.11 Å². The summed E-state index contributed by atoms with van der Waals surface area (Å²) >= 11 is 0. The smallest absolute Gasteiger partial charge is 0.239 e. The number of amides is 2. The van der Waals surface area contributed by atoms with E-state index >= 15 is 0 Å². The monoisotopic (exact) mass is 368 g/mol. The summed E-state index contributed by atoms with van der Waals surface area (Å²) in [5.41, 5.74) is 2.53. The maximum absolute atomic E-state index is 12.7. The van der Waals surface area contributed by atoms with Gasteiger partial charge >= 0.3 is 0 Å². The van der Waals surface area contributed by atoms with Crippen molar-refractivity contribution in [2.45, 2.75) is 34.1 Å². The number of para-hydroxylation sites is 2. The maximum Gasteiger partial charge on any atom is 0.239 e. The third kappa shape index (κ3) is 4.88. The second kappa shape index (κ2) is 8.71. The summed E-state index contributed by atoms with van der Waals surface area (Å²) in [6.07, 6.45) is 0.629. The van der Waals surface area contributed by atoms with Gasteiger partial charge in [-0.2, -0.15) is 0 Å². The van der Waals surface area contributed by atoms with Crippen LogP contribution in [0, 0.1) is 19.3 Å². The Hall–Kier alpha value is -2.82. The zero-order valence-electron chi connectivity index (χ0n) is 16.7. The van der Waals surface area contributed by atoms with E-state index in [1.54, 1.807) is 21.0 Å². The van der Waals surface area contributed by atoms with E-state index in [0.29, 0.717) is 13.0 Å². The predicted molar refractivity (Wildman–Crippen MR) is 108 cm³/mol. The first kappa shape index (κ1) is 20.5. The lowest BCUT2D eigenvalue weighted by Crippen LogP contribution is -2.45. The van der Waals surface area contributed by atoms with Gasteiger partial charge in [0.1, 0.15) is 11.2 Å². The molecule has 5 nitrogen and oxygen atoms in total. The van der Waals surface area contributed by atoms with Crippen LogP contribution in [0.25, 0.3) is 0 Å². The van der Waals surface area contributed by atoms with Crippen LogP contribution in [0.5, 0.6) is 5.75 Å². The first-order valence-corrected chi connectivity index (χ1v) is 9.05. The van der Waals surface area contributed by atoms with Crippen LogP contribution in [-0.4, -0.2) is 25.5 Å². The molecule has 0 heterocycles. The normalized spacial score (nSPS) is 11.0. The topological polar surface area (TPSA) is 67.4 Å². The lowest BCUT2D eigenvalue weighted by atomic mass is 9.90. The molecule has 0 saturated heterocycles. The Morgan fingerprint density at radius 2 is 1.59 bits per heavy atom. The fourth-order valence-electron chi connectivity index (χ4n) is 2.83. The van der Waals surface area contributed by atoms with Gasteiger partial charge < -0.3 is 15.4 Å². The van der Waals surface area contributed by atoms with Crippen LogP contribution in [0.4, 0.5) is 5.69 Å². The summed E-state index contributed by atoms with van der Waals surface area (Å²) in [6, 6.07) is 13.5. The highest BCUT2D eigenvalue weighted by Gasteiger charge is 2.36. The fourth-order valence-corrected chi connectivity index (χ4v) is 2.83. The SMILES string of the molecule is COc1ccccc1CCNC(=O)C(C)(C)C(=O)Nc1c(C)cccc1C. The second-order valence-electron chi connectivity index (χ2n) is 7.16. The van der Waals surface area contributed by atoms with Gasteiger partial charge in [-0.3, -0.25) is 9.59 Å². The van der Waals surface area contributed by atoms with Gasteiger partial charge in [0, 0.05) is 12.2 Å². The van der Waals surface area contributed by atoms with Crippen molar-refractivity contribution >= 4 is 17.5 Å². The summed E-state index contributed by atoms with van der Waals surface area (Å²) in [5, 5.41) is 5.77.